The molecule has 1 fully saturated rings. The van der Waals surface area contributed by atoms with Crippen LogP contribution in [0.1, 0.15) is 29.9 Å². The second-order valence-electron chi connectivity index (χ2n) is 6.34. The van der Waals surface area contributed by atoms with Crippen molar-refractivity contribution in [3.63, 3.8) is 0 Å². The number of hydrogen-bond donors (Lipinski definition) is 1. The number of halogens is 1. The highest BCUT2D eigenvalue weighted by Crippen LogP contribution is 2.34. The molecule has 0 unspecified atom stereocenters. The van der Waals surface area contributed by atoms with Gasteiger partial charge in [-0.15, -0.1) is 0 Å². The molecule has 0 spiro atoms. The molecule has 1 aliphatic rings. The first-order valence-electron chi connectivity index (χ1n) is 8.15. The Hall–Kier alpha value is -2.00. The van der Waals surface area contributed by atoms with Crippen LogP contribution in [0.5, 0.6) is 0 Å². The third-order valence-electron chi connectivity index (χ3n) is 4.94. The number of H-pyrrole nitrogens is 1. The van der Waals surface area contributed by atoms with Crippen molar-refractivity contribution < 1.29 is 0 Å². The first-order chi connectivity index (χ1) is 11.2. The topological polar surface area (TPSA) is 31.9 Å². The molecule has 3 heterocycles. The monoisotopic (exact) mass is 325 g/mol. The number of fused-ring (bicyclic) bond motifs is 1. The number of aromatic amines is 1. The van der Waals surface area contributed by atoms with Crippen LogP contribution in [0.25, 0.3) is 11.0 Å². The summed E-state index contributed by atoms with van der Waals surface area (Å²) in [6.07, 6.45) is 6.32. The average molecular weight is 326 g/mol. The summed E-state index contributed by atoms with van der Waals surface area (Å²) in [5, 5.41) is 2.07. The van der Waals surface area contributed by atoms with Crippen molar-refractivity contribution in [2.24, 2.45) is 0 Å². The van der Waals surface area contributed by atoms with Crippen LogP contribution in [0, 0.1) is 6.92 Å². The van der Waals surface area contributed by atoms with Gasteiger partial charge in [0.15, 0.2) is 0 Å². The molecule has 1 saturated heterocycles. The van der Waals surface area contributed by atoms with Gasteiger partial charge in [-0.05, 0) is 55.0 Å². The van der Waals surface area contributed by atoms with Gasteiger partial charge in [0.2, 0.25) is 0 Å². The summed E-state index contributed by atoms with van der Waals surface area (Å²) in [4.78, 5) is 10.2. The number of rotatable bonds is 2. The van der Waals surface area contributed by atoms with Gasteiger partial charge in [-0.3, -0.25) is 0 Å². The molecule has 2 aromatic heterocycles. The van der Waals surface area contributed by atoms with Gasteiger partial charge in [-0.1, -0.05) is 23.7 Å². The molecule has 0 aliphatic carbocycles. The van der Waals surface area contributed by atoms with Gasteiger partial charge in [0.25, 0.3) is 0 Å². The maximum atomic E-state index is 5.99. The first kappa shape index (κ1) is 14.6. The molecule has 0 radical (unpaired) electrons. The van der Waals surface area contributed by atoms with Crippen LogP contribution >= 0.6 is 11.6 Å². The molecular weight excluding hydrogens is 306 g/mol. The van der Waals surface area contributed by atoms with E-state index in [1.165, 1.54) is 35.0 Å². The van der Waals surface area contributed by atoms with Crippen molar-refractivity contribution in [3.8, 4) is 0 Å². The molecule has 0 saturated carbocycles. The summed E-state index contributed by atoms with van der Waals surface area (Å²) in [6.45, 7) is 4.31. The number of pyridine rings is 1. The zero-order valence-corrected chi connectivity index (χ0v) is 14.0. The van der Waals surface area contributed by atoms with E-state index < -0.39 is 0 Å². The van der Waals surface area contributed by atoms with Crippen LogP contribution < -0.4 is 4.90 Å². The Labute approximate surface area is 141 Å². The van der Waals surface area contributed by atoms with E-state index in [0.717, 1.165) is 23.8 Å². The van der Waals surface area contributed by atoms with Gasteiger partial charge < -0.3 is 9.88 Å². The molecule has 1 N–H and O–H groups in total. The third kappa shape index (κ3) is 2.70. The molecule has 1 aromatic carbocycles. The van der Waals surface area contributed by atoms with Crippen molar-refractivity contribution in [3.05, 3.63) is 58.9 Å². The second-order valence-corrected chi connectivity index (χ2v) is 6.77. The maximum absolute atomic E-state index is 5.99. The molecule has 0 atom stereocenters. The van der Waals surface area contributed by atoms with E-state index in [0.29, 0.717) is 5.92 Å². The SMILES string of the molecule is Cc1ccnc2[nH]cc(N3CCC(c4ccc(Cl)cc4)CC3)c12. The molecule has 0 bridgehead atoms. The molecule has 4 rings (SSSR count). The fourth-order valence-corrected chi connectivity index (χ4v) is 3.76. The Balaban J connectivity index is 1.54. The average Bonchev–Trinajstić information content (AvgIpc) is 3.01. The normalized spacial score (nSPS) is 16.2. The Morgan fingerprint density at radius 3 is 2.61 bits per heavy atom. The summed E-state index contributed by atoms with van der Waals surface area (Å²) >= 11 is 5.99. The molecule has 4 heteroatoms. The standard InChI is InChI=1S/C19H20ClN3/c1-13-6-9-21-19-18(13)17(12-22-19)23-10-7-15(8-11-23)14-2-4-16(20)5-3-14/h2-6,9,12,15H,7-8,10-11H2,1H3,(H,21,22). The van der Waals surface area contributed by atoms with E-state index in [4.69, 9.17) is 11.6 Å². The van der Waals surface area contributed by atoms with Crippen LogP contribution in [0.3, 0.4) is 0 Å². The number of piperidine rings is 1. The number of benzene rings is 1. The lowest BCUT2D eigenvalue weighted by Gasteiger charge is -2.33. The van der Waals surface area contributed by atoms with Crippen molar-refractivity contribution in [1.82, 2.24) is 9.97 Å². The Bertz CT molecular complexity index is 814. The minimum absolute atomic E-state index is 0.632. The van der Waals surface area contributed by atoms with Gasteiger partial charge in [-0.25, -0.2) is 4.98 Å². The second kappa shape index (κ2) is 5.89. The maximum Gasteiger partial charge on any atom is 0.139 e. The lowest BCUT2D eigenvalue weighted by molar-refractivity contribution is 0.506. The molecule has 23 heavy (non-hydrogen) atoms. The lowest BCUT2D eigenvalue weighted by atomic mass is 9.89. The summed E-state index contributed by atoms with van der Waals surface area (Å²) in [5.74, 6) is 0.632. The number of nitrogens with zero attached hydrogens (tertiary/aromatic N) is 2. The highest BCUT2D eigenvalue weighted by molar-refractivity contribution is 6.30. The van der Waals surface area contributed by atoms with Crippen molar-refractivity contribution in [2.75, 3.05) is 18.0 Å². The molecule has 1 aliphatic heterocycles. The van der Waals surface area contributed by atoms with Crippen molar-refractivity contribution in [2.45, 2.75) is 25.7 Å². The summed E-state index contributed by atoms with van der Waals surface area (Å²) in [7, 11) is 0. The number of nitrogens with one attached hydrogen (secondary N) is 1. The minimum Gasteiger partial charge on any atom is -0.370 e. The Morgan fingerprint density at radius 1 is 1.13 bits per heavy atom. The zero-order chi connectivity index (χ0) is 15.8. The fraction of sp³-hybridized carbons (Fsp3) is 0.316. The Kier molecular flexibility index (Phi) is 3.74. The van der Waals surface area contributed by atoms with E-state index in [1.807, 2.05) is 18.3 Å². The van der Waals surface area contributed by atoms with Gasteiger partial charge >= 0.3 is 0 Å². The first-order valence-corrected chi connectivity index (χ1v) is 8.53. The minimum atomic E-state index is 0.632. The quantitative estimate of drug-likeness (QED) is 0.726. The molecule has 118 valence electrons. The highest BCUT2D eigenvalue weighted by Gasteiger charge is 2.23. The van der Waals surface area contributed by atoms with E-state index in [1.54, 1.807) is 0 Å². The predicted octanol–water partition coefficient (Wildman–Crippen LogP) is 4.91. The molecule has 0 amide bonds. The van der Waals surface area contributed by atoms with E-state index in [9.17, 15) is 0 Å². The van der Waals surface area contributed by atoms with Gasteiger partial charge in [0.05, 0.1) is 5.69 Å². The number of anilines is 1. The molecule has 3 aromatic rings. The smallest absolute Gasteiger partial charge is 0.139 e. The predicted molar refractivity (Wildman–Crippen MR) is 96.5 cm³/mol. The number of aryl methyl sites for hydroxylation is 1. The van der Waals surface area contributed by atoms with Crippen LogP contribution in [0.4, 0.5) is 5.69 Å². The molecule has 3 nitrogen and oxygen atoms in total. The van der Waals surface area contributed by atoms with Crippen LogP contribution in [0.15, 0.2) is 42.7 Å². The van der Waals surface area contributed by atoms with Gasteiger partial charge in [0, 0.05) is 35.9 Å². The summed E-state index contributed by atoms with van der Waals surface area (Å²) in [5.41, 5.74) is 4.97. The third-order valence-corrected chi connectivity index (χ3v) is 5.19. The van der Waals surface area contributed by atoms with Gasteiger partial charge in [0.1, 0.15) is 5.65 Å². The van der Waals surface area contributed by atoms with Gasteiger partial charge in [-0.2, -0.15) is 0 Å². The number of aromatic nitrogens is 2. The van der Waals surface area contributed by atoms with Crippen LogP contribution in [-0.2, 0) is 0 Å². The summed E-state index contributed by atoms with van der Waals surface area (Å²) in [6, 6.07) is 10.4. The summed E-state index contributed by atoms with van der Waals surface area (Å²) < 4.78 is 0. The zero-order valence-electron chi connectivity index (χ0n) is 13.2. The lowest BCUT2D eigenvalue weighted by Crippen LogP contribution is -2.32. The molecular formula is C19H20ClN3. The van der Waals surface area contributed by atoms with Crippen molar-refractivity contribution >= 4 is 28.3 Å². The van der Waals surface area contributed by atoms with E-state index in [-0.39, 0.29) is 0 Å². The van der Waals surface area contributed by atoms with Crippen molar-refractivity contribution in [1.29, 1.82) is 0 Å². The number of hydrogen-bond acceptors (Lipinski definition) is 2. The fourth-order valence-electron chi connectivity index (χ4n) is 3.64. The highest BCUT2D eigenvalue weighted by atomic mass is 35.5. The van der Waals surface area contributed by atoms with E-state index in [2.05, 4.69) is 46.2 Å². The van der Waals surface area contributed by atoms with Crippen LogP contribution in [-0.4, -0.2) is 23.1 Å². The van der Waals surface area contributed by atoms with E-state index >= 15 is 0 Å². The van der Waals surface area contributed by atoms with Crippen LogP contribution in [0.2, 0.25) is 5.02 Å². The largest absolute Gasteiger partial charge is 0.370 e. The Morgan fingerprint density at radius 2 is 1.87 bits per heavy atom.